The molecule has 3 aromatic rings. The number of nitrogens with one attached hydrogen (secondary N) is 1. The second-order valence-corrected chi connectivity index (χ2v) is 7.50. The molecule has 4 rings (SSSR count). The van der Waals surface area contributed by atoms with Crippen LogP contribution in [0.15, 0.2) is 53.1 Å². The van der Waals surface area contributed by atoms with Crippen molar-refractivity contribution in [3.05, 3.63) is 82.2 Å². The molecular formula is C25H24N2O3. The maximum absolute atomic E-state index is 12.4. The first-order chi connectivity index (χ1) is 14.6. The molecule has 1 aromatic heterocycles. The van der Waals surface area contributed by atoms with Crippen LogP contribution in [0.4, 0.5) is 10.5 Å². The lowest BCUT2D eigenvalue weighted by Gasteiger charge is -2.15. The van der Waals surface area contributed by atoms with Gasteiger partial charge in [0.2, 0.25) is 5.76 Å². The number of rotatable bonds is 3. The predicted octanol–water partition coefficient (Wildman–Crippen LogP) is 5.57. The van der Waals surface area contributed by atoms with E-state index in [1.165, 1.54) is 24.0 Å². The highest BCUT2D eigenvalue weighted by molar-refractivity contribution is 5.87. The highest BCUT2D eigenvalue weighted by atomic mass is 16.6. The van der Waals surface area contributed by atoms with Gasteiger partial charge in [0.05, 0.1) is 0 Å². The summed E-state index contributed by atoms with van der Waals surface area (Å²) in [7, 11) is 0. The lowest BCUT2D eigenvalue weighted by atomic mass is 9.90. The molecule has 0 spiro atoms. The van der Waals surface area contributed by atoms with Gasteiger partial charge < -0.3 is 9.26 Å². The van der Waals surface area contributed by atoms with Gasteiger partial charge in [-0.1, -0.05) is 47.5 Å². The number of ether oxygens (including phenoxy) is 1. The Bertz CT molecular complexity index is 1110. The molecule has 5 nitrogen and oxygen atoms in total. The van der Waals surface area contributed by atoms with Crippen molar-refractivity contribution < 1.29 is 14.1 Å². The van der Waals surface area contributed by atoms with Gasteiger partial charge in [-0.05, 0) is 74.3 Å². The van der Waals surface area contributed by atoms with Crippen LogP contribution in [0.1, 0.15) is 59.6 Å². The van der Waals surface area contributed by atoms with Crippen molar-refractivity contribution in [3.63, 3.8) is 0 Å². The number of amides is 1. The zero-order valence-corrected chi connectivity index (χ0v) is 17.2. The van der Waals surface area contributed by atoms with Crippen molar-refractivity contribution in [2.24, 2.45) is 0 Å². The van der Waals surface area contributed by atoms with Gasteiger partial charge in [-0.15, -0.1) is 0 Å². The highest BCUT2D eigenvalue weighted by Crippen LogP contribution is 2.23. The number of aromatic nitrogens is 1. The second-order valence-electron chi connectivity index (χ2n) is 7.50. The Labute approximate surface area is 176 Å². The molecule has 0 aliphatic heterocycles. The number of hydrogen-bond acceptors (Lipinski definition) is 4. The lowest BCUT2D eigenvalue weighted by molar-refractivity contribution is 0.121. The number of hydrogen-bond donors (Lipinski definition) is 1. The van der Waals surface area contributed by atoms with Crippen LogP contribution in [0.25, 0.3) is 0 Å². The molecule has 0 saturated carbocycles. The third-order valence-corrected chi connectivity index (χ3v) is 5.31. The van der Waals surface area contributed by atoms with Crippen LogP contribution in [-0.4, -0.2) is 11.2 Å². The SMILES string of the molecule is Cc1noc(C#Cc2ccc3c(c2)CCCC3)c1NC(=O)OC(C)c1ccccc1. The van der Waals surface area contributed by atoms with E-state index in [2.05, 4.69) is 34.4 Å². The monoisotopic (exact) mass is 400 g/mol. The normalized spacial score (nSPS) is 13.5. The Morgan fingerprint density at radius 1 is 1.10 bits per heavy atom. The molecule has 5 heteroatoms. The first-order valence-corrected chi connectivity index (χ1v) is 10.2. The summed E-state index contributed by atoms with van der Waals surface area (Å²) in [4.78, 5) is 12.4. The van der Waals surface area contributed by atoms with Gasteiger partial charge in [0.1, 0.15) is 17.5 Å². The summed E-state index contributed by atoms with van der Waals surface area (Å²) in [5.74, 6) is 6.44. The molecule has 0 fully saturated rings. The Morgan fingerprint density at radius 2 is 1.87 bits per heavy atom. The van der Waals surface area contributed by atoms with Crippen molar-refractivity contribution >= 4 is 11.8 Å². The van der Waals surface area contributed by atoms with Crippen LogP contribution in [0, 0.1) is 18.8 Å². The number of anilines is 1. The summed E-state index contributed by atoms with van der Waals surface area (Å²) < 4.78 is 10.8. The minimum Gasteiger partial charge on any atom is -0.441 e. The smallest absolute Gasteiger partial charge is 0.412 e. The molecule has 2 aromatic carbocycles. The summed E-state index contributed by atoms with van der Waals surface area (Å²) in [6.07, 6.45) is 3.77. The zero-order valence-electron chi connectivity index (χ0n) is 17.2. The number of benzene rings is 2. The van der Waals surface area contributed by atoms with Crippen LogP contribution in [0.3, 0.4) is 0 Å². The quantitative estimate of drug-likeness (QED) is 0.584. The first kappa shape index (κ1) is 19.8. The van der Waals surface area contributed by atoms with Crippen LogP contribution >= 0.6 is 0 Å². The Hall–Kier alpha value is -3.52. The minimum atomic E-state index is -0.575. The van der Waals surface area contributed by atoms with Crippen molar-refractivity contribution in [3.8, 4) is 11.8 Å². The summed E-state index contributed by atoms with van der Waals surface area (Å²) in [6.45, 7) is 3.58. The molecule has 1 unspecified atom stereocenters. The number of nitrogens with zero attached hydrogens (tertiary/aromatic N) is 1. The average molecular weight is 400 g/mol. The molecule has 152 valence electrons. The van der Waals surface area contributed by atoms with E-state index >= 15 is 0 Å². The van der Waals surface area contributed by atoms with Crippen molar-refractivity contribution in [1.82, 2.24) is 5.16 Å². The van der Waals surface area contributed by atoms with Gasteiger partial charge in [-0.3, -0.25) is 5.32 Å². The fourth-order valence-electron chi connectivity index (χ4n) is 3.63. The molecule has 0 saturated heterocycles. The van der Waals surface area contributed by atoms with Gasteiger partial charge in [-0.25, -0.2) is 4.79 Å². The van der Waals surface area contributed by atoms with Crippen molar-refractivity contribution in [2.45, 2.75) is 45.6 Å². The van der Waals surface area contributed by atoms with E-state index in [-0.39, 0.29) is 6.10 Å². The second kappa shape index (κ2) is 8.87. The Kier molecular flexibility index (Phi) is 5.85. The number of aryl methyl sites for hydroxylation is 3. The summed E-state index contributed by atoms with van der Waals surface area (Å²) in [5.41, 5.74) is 5.62. The first-order valence-electron chi connectivity index (χ1n) is 10.2. The molecule has 0 bridgehead atoms. The average Bonchev–Trinajstić information content (AvgIpc) is 3.11. The predicted molar refractivity (Wildman–Crippen MR) is 115 cm³/mol. The van der Waals surface area contributed by atoms with E-state index in [0.717, 1.165) is 24.0 Å². The van der Waals surface area contributed by atoms with Crippen LogP contribution in [-0.2, 0) is 17.6 Å². The van der Waals surface area contributed by atoms with Crippen molar-refractivity contribution in [2.75, 3.05) is 5.32 Å². The molecule has 1 atom stereocenters. The summed E-state index contributed by atoms with van der Waals surface area (Å²) in [5, 5.41) is 6.67. The van der Waals surface area contributed by atoms with Crippen LogP contribution in [0.2, 0.25) is 0 Å². The fourth-order valence-corrected chi connectivity index (χ4v) is 3.63. The molecule has 0 radical (unpaired) electrons. The van der Waals surface area contributed by atoms with E-state index in [4.69, 9.17) is 9.26 Å². The zero-order chi connectivity index (χ0) is 20.9. The van der Waals surface area contributed by atoms with E-state index in [9.17, 15) is 4.79 Å². The van der Waals surface area contributed by atoms with Gasteiger partial charge >= 0.3 is 6.09 Å². The van der Waals surface area contributed by atoms with Gasteiger partial charge in [0, 0.05) is 5.56 Å². The van der Waals surface area contributed by atoms with Gasteiger partial charge in [-0.2, -0.15) is 0 Å². The summed E-state index contributed by atoms with van der Waals surface area (Å²) in [6, 6.07) is 15.9. The fraction of sp³-hybridized carbons (Fsp3) is 0.280. The van der Waals surface area contributed by atoms with Crippen molar-refractivity contribution in [1.29, 1.82) is 0 Å². The van der Waals surface area contributed by atoms with Gasteiger partial charge in [0.25, 0.3) is 0 Å². The topological polar surface area (TPSA) is 64.4 Å². The molecule has 1 N–H and O–H groups in total. The maximum atomic E-state index is 12.4. The highest BCUT2D eigenvalue weighted by Gasteiger charge is 2.17. The Balaban J connectivity index is 1.47. The Morgan fingerprint density at radius 3 is 2.67 bits per heavy atom. The van der Waals surface area contributed by atoms with Crippen LogP contribution < -0.4 is 5.32 Å². The lowest BCUT2D eigenvalue weighted by Crippen LogP contribution is -2.16. The third kappa shape index (κ3) is 4.55. The molecule has 1 aliphatic carbocycles. The molecular weight excluding hydrogens is 376 g/mol. The maximum Gasteiger partial charge on any atom is 0.412 e. The minimum absolute atomic E-state index is 0.314. The standard InChI is InChI=1S/C25H24N2O3/c1-17-24(26-25(28)29-18(2)20-8-4-3-5-9-20)23(30-27-17)15-13-19-12-14-21-10-6-7-11-22(21)16-19/h3-5,8-9,12,14,16,18H,6-7,10-11H2,1-2H3,(H,26,28). The van der Waals surface area contributed by atoms with Crippen LogP contribution in [0.5, 0.6) is 0 Å². The van der Waals surface area contributed by atoms with E-state index in [0.29, 0.717) is 17.1 Å². The number of carbonyl (C=O) groups is 1. The molecule has 30 heavy (non-hydrogen) atoms. The molecule has 1 heterocycles. The largest absolute Gasteiger partial charge is 0.441 e. The third-order valence-electron chi connectivity index (χ3n) is 5.31. The number of carbonyl (C=O) groups excluding carboxylic acids is 1. The number of fused-ring (bicyclic) bond motifs is 1. The van der Waals surface area contributed by atoms with E-state index in [1.54, 1.807) is 6.92 Å². The molecule has 1 amide bonds. The molecule has 1 aliphatic rings. The van der Waals surface area contributed by atoms with E-state index < -0.39 is 6.09 Å². The summed E-state index contributed by atoms with van der Waals surface area (Å²) >= 11 is 0. The van der Waals surface area contributed by atoms with Gasteiger partial charge in [0.15, 0.2) is 0 Å². The van der Waals surface area contributed by atoms with E-state index in [1.807, 2.05) is 43.3 Å².